The van der Waals surface area contributed by atoms with Crippen LogP contribution in [0.2, 0.25) is 5.02 Å². The molecule has 20 heavy (non-hydrogen) atoms. The molecule has 0 fully saturated rings. The summed E-state index contributed by atoms with van der Waals surface area (Å²) in [5, 5.41) is 0.466. The zero-order valence-corrected chi connectivity index (χ0v) is 14.1. The molecule has 0 saturated heterocycles. The topological polar surface area (TPSA) is 64.0 Å². The number of halogens is 2. The summed E-state index contributed by atoms with van der Waals surface area (Å²) in [6, 6.07) is 3.32. The molecule has 1 heterocycles. The maximum Gasteiger partial charge on any atom is 0.280 e. The molecule has 1 aromatic carbocycles. The molecule has 2 aromatic rings. The molecule has 5 nitrogen and oxygen atoms in total. The minimum Gasteiger partial charge on any atom is -0.336 e. The van der Waals surface area contributed by atoms with Gasteiger partial charge in [-0.2, -0.15) is 8.42 Å². The van der Waals surface area contributed by atoms with E-state index in [0.717, 1.165) is 5.56 Å². The number of sulfonamides is 1. The number of anilines is 1. The molecule has 0 aliphatic rings. The molecule has 0 radical (unpaired) electrons. The van der Waals surface area contributed by atoms with E-state index in [9.17, 15) is 8.42 Å². The molecule has 8 heteroatoms. The fourth-order valence-corrected chi connectivity index (χ4v) is 3.45. The van der Waals surface area contributed by atoms with Gasteiger partial charge in [0.15, 0.2) is 5.03 Å². The van der Waals surface area contributed by atoms with Crippen LogP contribution in [0.4, 0.5) is 5.69 Å². The van der Waals surface area contributed by atoms with Gasteiger partial charge in [-0.3, -0.25) is 4.72 Å². The third-order valence-corrected chi connectivity index (χ3v) is 5.06. The summed E-state index contributed by atoms with van der Waals surface area (Å²) in [5.41, 5.74) is 1.24. The van der Waals surface area contributed by atoms with Crippen molar-refractivity contribution in [3.05, 3.63) is 39.7 Å². The smallest absolute Gasteiger partial charge is 0.280 e. The highest BCUT2D eigenvalue weighted by Gasteiger charge is 2.19. The van der Waals surface area contributed by atoms with Gasteiger partial charge in [0.2, 0.25) is 0 Å². The van der Waals surface area contributed by atoms with Crippen LogP contribution in [0.1, 0.15) is 12.5 Å². The van der Waals surface area contributed by atoms with Gasteiger partial charge in [0.05, 0.1) is 12.0 Å². The Morgan fingerprint density at radius 3 is 2.75 bits per heavy atom. The van der Waals surface area contributed by atoms with E-state index in [1.54, 1.807) is 16.7 Å². The van der Waals surface area contributed by atoms with Crippen LogP contribution in [-0.4, -0.2) is 18.0 Å². The van der Waals surface area contributed by atoms with E-state index in [2.05, 4.69) is 25.6 Å². The molecule has 0 unspecified atom stereocenters. The summed E-state index contributed by atoms with van der Waals surface area (Å²) >= 11 is 9.33. The van der Waals surface area contributed by atoms with Gasteiger partial charge >= 0.3 is 0 Å². The molecular weight excluding hydrogens is 366 g/mol. The number of aryl methyl sites for hydroxylation is 2. The molecule has 0 amide bonds. The molecule has 1 aromatic heterocycles. The lowest BCUT2D eigenvalue weighted by molar-refractivity contribution is 0.598. The molecule has 0 atom stereocenters. The fourth-order valence-electron chi connectivity index (χ4n) is 1.57. The number of benzene rings is 1. The monoisotopic (exact) mass is 377 g/mol. The van der Waals surface area contributed by atoms with Gasteiger partial charge in [-0.25, -0.2) is 4.98 Å². The first-order valence-electron chi connectivity index (χ1n) is 5.83. The van der Waals surface area contributed by atoms with Gasteiger partial charge in [-0.1, -0.05) is 11.6 Å². The van der Waals surface area contributed by atoms with E-state index in [-0.39, 0.29) is 5.03 Å². The minimum atomic E-state index is -3.73. The molecular formula is C12H13BrClN3O2S. The third-order valence-electron chi connectivity index (χ3n) is 2.74. The van der Waals surface area contributed by atoms with E-state index in [4.69, 9.17) is 11.6 Å². The Bertz CT molecular complexity index is 743. The number of rotatable bonds is 4. The van der Waals surface area contributed by atoms with Crippen molar-refractivity contribution in [3.8, 4) is 0 Å². The predicted molar refractivity (Wildman–Crippen MR) is 82.6 cm³/mol. The Labute approximate surface area is 131 Å². The highest BCUT2D eigenvalue weighted by molar-refractivity contribution is 9.10. The van der Waals surface area contributed by atoms with E-state index in [1.807, 2.05) is 13.8 Å². The standard InChI is InChI=1S/C12H13BrClN3O2S/c1-3-17-6-12(15-7-17)20(18,19)16-11-5-10(14)8(2)4-9(11)13/h4-7,16H,3H2,1-2H3. The van der Waals surface area contributed by atoms with Gasteiger partial charge < -0.3 is 4.57 Å². The average Bonchev–Trinajstić information content (AvgIpc) is 2.85. The molecule has 108 valence electrons. The van der Waals surface area contributed by atoms with Crippen LogP contribution in [0.15, 0.2) is 34.2 Å². The Morgan fingerprint density at radius 1 is 1.45 bits per heavy atom. The lowest BCUT2D eigenvalue weighted by atomic mass is 10.2. The number of nitrogens with zero attached hydrogens (tertiary/aromatic N) is 2. The van der Waals surface area contributed by atoms with Crippen molar-refractivity contribution in [2.45, 2.75) is 25.4 Å². The van der Waals surface area contributed by atoms with Gasteiger partial charge in [0.25, 0.3) is 10.0 Å². The average molecular weight is 379 g/mol. The molecule has 1 N–H and O–H groups in total. The lowest BCUT2D eigenvalue weighted by Gasteiger charge is -2.10. The second kappa shape index (κ2) is 5.75. The molecule has 2 rings (SSSR count). The van der Waals surface area contributed by atoms with Gasteiger partial charge in [-0.05, 0) is 47.5 Å². The third kappa shape index (κ3) is 3.16. The van der Waals surface area contributed by atoms with Crippen LogP contribution in [0.5, 0.6) is 0 Å². The maximum atomic E-state index is 12.2. The van der Waals surface area contributed by atoms with E-state index in [1.165, 1.54) is 12.5 Å². The van der Waals surface area contributed by atoms with Gasteiger partial charge in [0.1, 0.15) is 0 Å². The largest absolute Gasteiger partial charge is 0.336 e. The second-order valence-corrected chi connectivity index (χ2v) is 7.12. The molecule has 0 bridgehead atoms. The van der Waals surface area contributed by atoms with E-state index in [0.29, 0.717) is 21.7 Å². The molecule has 0 saturated carbocycles. The normalized spacial score (nSPS) is 11.6. The van der Waals surface area contributed by atoms with Crippen molar-refractivity contribution in [2.75, 3.05) is 4.72 Å². The Hall–Kier alpha value is -1.05. The van der Waals surface area contributed by atoms with Crippen molar-refractivity contribution in [1.29, 1.82) is 0 Å². The predicted octanol–water partition coefficient (Wildman–Crippen LogP) is 3.43. The van der Waals surface area contributed by atoms with Crippen LogP contribution in [0.3, 0.4) is 0 Å². The summed E-state index contributed by atoms with van der Waals surface area (Å²) in [5.74, 6) is 0. The van der Waals surface area contributed by atoms with Crippen LogP contribution in [-0.2, 0) is 16.6 Å². The van der Waals surface area contributed by atoms with Gasteiger partial charge in [-0.15, -0.1) is 0 Å². The summed E-state index contributed by atoms with van der Waals surface area (Å²) < 4.78 is 29.2. The van der Waals surface area contributed by atoms with Crippen molar-refractivity contribution >= 4 is 43.2 Å². The van der Waals surface area contributed by atoms with Crippen molar-refractivity contribution in [3.63, 3.8) is 0 Å². The van der Waals surface area contributed by atoms with Crippen LogP contribution < -0.4 is 4.72 Å². The van der Waals surface area contributed by atoms with E-state index >= 15 is 0 Å². The zero-order valence-electron chi connectivity index (χ0n) is 10.9. The van der Waals surface area contributed by atoms with Gasteiger partial charge in [0, 0.05) is 22.2 Å². The Kier molecular flexibility index (Phi) is 4.41. The summed E-state index contributed by atoms with van der Waals surface area (Å²) in [7, 11) is -3.73. The van der Waals surface area contributed by atoms with Crippen LogP contribution in [0, 0.1) is 6.92 Å². The summed E-state index contributed by atoms with van der Waals surface area (Å²) in [4.78, 5) is 3.89. The number of hydrogen-bond acceptors (Lipinski definition) is 3. The van der Waals surface area contributed by atoms with Crippen LogP contribution in [0.25, 0.3) is 0 Å². The first-order chi connectivity index (χ1) is 9.33. The lowest BCUT2D eigenvalue weighted by Crippen LogP contribution is -2.14. The minimum absolute atomic E-state index is 0.0250. The SMILES string of the molecule is CCn1cnc(S(=O)(=O)Nc2cc(Cl)c(C)cc2Br)c1. The highest BCUT2D eigenvalue weighted by atomic mass is 79.9. The quantitative estimate of drug-likeness (QED) is 0.886. The Balaban J connectivity index is 2.35. The Morgan fingerprint density at radius 2 is 2.15 bits per heavy atom. The first kappa shape index (κ1) is 15.3. The number of hydrogen-bond donors (Lipinski definition) is 1. The second-order valence-electron chi connectivity index (χ2n) is 4.23. The van der Waals surface area contributed by atoms with Crippen molar-refractivity contribution in [2.24, 2.45) is 0 Å². The van der Waals surface area contributed by atoms with Crippen molar-refractivity contribution in [1.82, 2.24) is 9.55 Å². The fraction of sp³-hybridized carbons (Fsp3) is 0.250. The first-order valence-corrected chi connectivity index (χ1v) is 8.49. The number of nitrogens with one attached hydrogen (secondary N) is 1. The maximum absolute atomic E-state index is 12.2. The van der Waals surface area contributed by atoms with Crippen LogP contribution >= 0.6 is 27.5 Å². The molecule has 0 aliphatic heterocycles. The summed E-state index contributed by atoms with van der Waals surface area (Å²) in [6.45, 7) is 4.40. The number of imidazole rings is 1. The van der Waals surface area contributed by atoms with Crippen molar-refractivity contribution < 1.29 is 8.42 Å². The molecule has 0 aliphatic carbocycles. The zero-order chi connectivity index (χ0) is 14.9. The summed E-state index contributed by atoms with van der Waals surface area (Å²) in [6.07, 6.45) is 2.96. The van der Waals surface area contributed by atoms with E-state index < -0.39 is 10.0 Å². The highest BCUT2D eigenvalue weighted by Crippen LogP contribution is 2.30. The molecule has 0 spiro atoms. The number of aromatic nitrogens is 2.